The van der Waals surface area contributed by atoms with Crippen molar-refractivity contribution in [3.05, 3.63) is 0 Å². The molecule has 0 spiro atoms. The summed E-state index contributed by atoms with van der Waals surface area (Å²) >= 11 is 0. The van der Waals surface area contributed by atoms with E-state index in [4.69, 9.17) is 9.84 Å². The van der Waals surface area contributed by atoms with Crippen molar-refractivity contribution in [1.29, 1.82) is 0 Å². The molecule has 0 aliphatic carbocycles. The minimum Gasteiger partial charge on any atom is -0.480 e. The predicted octanol–water partition coefficient (Wildman–Crippen LogP) is -0.0520. The Hall–Kier alpha value is -0.660. The summed E-state index contributed by atoms with van der Waals surface area (Å²) in [7, 11) is -3.58. The Morgan fingerprint density at radius 1 is 1.62 bits per heavy atom. The number of rotatable bonds is 6. The molecule has 0 bridgehead atoms. The number of carboxylic acids is 1. The molecule has 1 rings (SSSR count). The van der Waals surface area contributed by atoms with Gasteiger partial charge in [-0.1, -0.05) is 6.92 Å². The molecular formula is C9H17NO5S. The highest BCUT2D eigenvalue weighted by atomic mass is 32.2. The van der Waals surface area contributed by atoms with E-state index in [-0.39, 0.29) is 18.3 Å². The number of hydrogen-bond donors (Lipinski definition) is 2. The number of sulfonamides is 1. The van der Waals surface area contributed by atoms with Gasteiger partial charge in [-0.2, -0.15) is 0 Å². The normalized spacial score (nSPS) is 23.2. The van der Waals surface area contributed by atoms with E-state index < -0.39 is 22.0 Å². The quantitative estimate of drug-likeness (QED) is 0.690. The minimum atomic E-state index is -3.58. The second-order valence-corrected chi connectivity index (χ2v) is 5.63. The second kappa shape index (κ2) is 5.60. The molecular weight excluding hydrogens is 234 g/mol. The molecule has 16 heavy (non-hydrogen) atoms. The maximum absolute atomic E-state index is 11.6. The topological polar surface area (TPSA) is 92.7 Å². The summed E-state index contributed by atoms with van der Waals surface area (Å²) in [5.74, 6) is -1.31. The van der Waals surface area contributed by atoms with E-state index in [1.54, 1.807) is 6.92 Å². The smallest absolute Gasteiger partial charge is 0.321 e. The molecule has 1 aliphatic rings. The van der Waals surface area contributed by atoms with E-state index in [2.05, 4.69) is 4.72 Å². The summed E-state index contributed by atoms with van der Waals surface area (Å²) < 4.78 is 30.6. The van der Waals surface area contributed by atoms with Gasteiger partial charge in [0.1, 0.15) is 6.04 Å². The van der Waals surface area contributed by atoms with Gasteiger partial charge in [-0.25, -0.2) is 13.1 Å². The second-order valence-electron chi connectivity index (χ2n) is 3.83. The molecule has 1 fully saturated rings. The molecule has 0 aromatic rings. The first-order valence-corrected chi connectivity index (χ1v) is 6.94. The monoisotopic (exact) mass is 251 g/mol. The first kappa shape index (κ1) is 13.4. The largest absolute Gasteiger partial charge is 0.480 e. The van der Waals surface area contributed by atoms with Crippen LogP contribution in [0, 0.1) is 0 Å². The third-order valence-corrected chi connectivity index (χ3v) is 3.91. The van der Waals surface area contributed by atoms with Crippen molar-refractivity contribution in [3.8, 4) is 0 Å². The van der Waals surface area contributed by atoms with E-state index >= 15 is 0 Å². The Balaban J connectivity index is 2.52. The molecule has 0 amide bonds. The third kappa shape index (κ3) is 4.07. The lowest BCUT2D eigenvalue weighted by molar-refractivity contribution is -0.139. The van der Waals surface area contributed by atoms with Gasteiger partial charge in [-0.05, 0) is 19.3 Å². The molecule has 0 aromatic heterocycles. The number of nitrogens with one attached hydrogen (secondary N) is 1. The van der Waals surface area contributed by atoms with Gasteiger partial charge in [0.05, 0.1) is 11.9 Å². The first-order valence-electron chi connectivity index (χ1n) is 5.29. The Labute approximate surface area is 95.0 Å². The molecule has 1 saturated heterocycles. The van der Waals surface area contributed by atoms with E-state index in [1.807, 2.05) is 0 Å². The van der Waals surface area contributed by atoms with Crippen LogP contribution in [0.5, 0.6) is 0 Å². The van der Waals surface area contributed by atoms with Gasteiger partial charge in [-0.15, -0.1) is 0 Å². The molecule has 1 aliphatic heterocycles. The van der Waals surface area contributed by atoms with Gasteiger partial charge in [0.15, 0.2) is 0 Å². The van der Waals surface area contributed by atoms with Crippen LogP contribution in [0.3, 0.4) is 0 Å². The number of hydrogen-bond acceptors (Lipinski definition) is 4. The average Bonchev–Trinajstić information content (AvgIpc) is 2.65. The fraction of sp³-hybridized carbons (Fsp3) is 0.889. The van der Waals surface area contributed by atoms with Crippen molar-refractivity contribution >= 4 is 16.0 Å². The van der Waals surface area contributed by atoms with Crippen LogP contribution in [-0.2, 0) is 19.6 Å². The molecule has 94 valence electrons. The number of aliphatic carboxylic acids is 1. The van der Waals surface area contributed by atoms with Crippen molar-refractivity contribution in [2.24, 2.45) is 0 Å². The number of carbonyl (C=O) groups is 1. The van der Waals surface area contributed by atoms with E-state index in [1.165, 1.54) is 0 Å². The van der Waals surface area contributed by atoms with E-state index in [9.17, 15) is 13.2 Å². The van der Waals surface area contributed by atoms with E-state index in [0.717, 1.165) is 6.42 Å². The predicted molar refractivity (Wildman–Crippen MR) is 57.6 cm³/mol. The Bertz CT molecular complexity index is 334. The first-order chi connectivity index (χ1) is 7.44. The summed E-state index contributed by atoms with van der Waals surface area (Å²) in [6, 6.07) is -1.05. The van der Waals surface area contributed by atoms with Gasteiger partial charge in [0.25, 0.3) is 0 Å². The van der Waals surface area contributed by atoms with Crippen LogP contribution < -0.4 is 4.72 Å². The van der Waals surface area contributed by atoms with E-state index in [0.29, 0.717) is 13.0 Å². The lowest BCUT2D eigenvalue weighted by Crippen LogP contribution is -2.43. The van der Waals surface area contributed by atoms with Crippen LogP contribution in [0.4, 0.5) is 0 Å². The SMILES string of the molecule is CC[C@@H](NS(=O)(=O)CC1CCCO1)C(=O)O. The highest BCUT2D eigenvalue weighted by Gasteiger charge is 2.27. The fourth-order valence-electron chi connectivity index (χ4n) is 1.59. The zero-order valence-corrected chi connectivity index (χ0v) is 10.00. The fourth-order valence-corrected chi connectivity index (χ4v) is 3.14. The van der Waals surface area contributed by atoms with Crippen LogP contribution in [0.15, 0.2) is 0 Å². The maximum Gasteiger partial charge on any atom is 0.321 e. The molecule has 2 N–H and O–H groups in total. The zero-order valence-electron chi connectivity index (χ0n) is 9.18. The van der Waals surface area contributed by atoms with Crippen molar-refractivity contribution in [2.75, 3.05) is 12.4 Å². The third-order valence-electron chi connectivity index (χ3n) is 2.46. The Morgan fingerprint density at radius 2 is 2.31 bits per heavy atom. The summed E-state index contributed by atoms with van der Waals surface area (Å²) in [5, 5.41) is 8.74. The van der Waals surface area contributed by atoms with Crippen molar-refractivity contribution in [2.45, 2.75) is 38.3 Å². The average molecular weight is 251 g/mol. The minimum absolute atomic E-state index is 0.156. The van der Waals surface area contributed by atoms with Gasteiger partial charge >= 0.3 is 5.97 Å². The number of carboxylic acid groups (broad SMARTS) is 1. The highest BCUT2D eigenvalue weighted by molar-refractivity contribution is 7.89. The molecule has 0 radical (unpaired) electrons. The van der Waals surface area contributed by atoms with Gasteiger partial charge < -0.3 is 9.84 Å². The van der Waals surface area contributed by atoms with Crippen molar-refractivity contribution in [3.63, 3.8) is 0 Å². The van der Waals surface area contributed by atoms with Crippen LogP contribution in [0.1, 0.15) is 26.2 Å². The van der Waals surface area contributed by atoms with Crippen LogP contribution >= 0.6 is 0 Å². The highest BCUT2D eigenvalue weighted by Crippen LogP contribution is 2.13. The van der Waals surface area contributed by atoms with Crippen LogP contribution in [0.25, 0.3) is 0 Å². The lowest BCUT2D eigenvalue weighted by atomic mass is 10.2. The summed E-state index contributed by atoms with van der Waals surface area (Å²) in [6.45, 7) is 2.20. The molecule has 6 nitrogen and oxygen atoms in total. The molecule has 1 heterocycles. The van der Waals surface area contributed by atoms with Gasteiger partial charge in [0, 0.05) is 6.61 Å². The van der Waals surface area contributed by atoms with Crippen molar-refractivity contribution < 1.29 is 23.1 Å². The summed E-state index contributed by atoms with van der Waals surface area (Å²) in [5.41, 5.74) is 0. The summed E-state index contributed by atoms with van der Waals surface area (Å²) in [6.07, 6.45) is 1.49. The molecule has 0 aromatic carbocycles. The van der Waals surface area contributed by atoms with Crippen molar-refractivity contribution in [1.82, 2.24) is 4.72 Å². The molecule has 1 unspecified atom stereocenters. The number of ether oxygens (including phenoxy) is 1. The zero-order chi connectivity index (χ0) is 12.2. The summed E-state index contributed by atoms with van der Waals surface area (Å²) in [4.78, 5) is 10.7. The molecule has 2 atom stereocenters. The van der Waals surface area contributed by atoms with Crippen LogP contribution in [-0.4, -0.2) is 44.0 Å². The lowest BCUT2D eigenvalue weighted by Gasteiger charge is -2.15. The standard InChI is InChI=1S/C9H17NO5S/c1-2-8(9(11)12)10-16(13,14)6-7-4-3-5-15-7/h7-8,10H,2-6H2,1H3,(H,11,12)/t7?,8-/m1/s1. The van der Waals surface area contributed by atoms with Gasteiger partial charge in [0.2, 0.25) is 10.0 Å². The van der Waals surface area contributed by atoms with Gasteiger partial charge in [-0.3, -0.25) is 4.79 Å². The molecule has 7 heteroatoms. The van der Waals surface area contributed by atoms with Crippen LogP contribution in [0.2, 0.25) is 0 Å². The maximum atomic E-state index is 11.6. The Kier molecular flexibility index (Phi) is 4.69. The molecule has 0 saturated carbocycles. The Morgan fingerprint density at radius 3 is 2.75 bits per heavy atom.